The molecule has 0 saturated carbocycles. The van der Waals surface area contributed by atoms with E-state index in [1.165, 1.54) is 0 Å². The molecule has 0 bridgehead atoms. The van der Waals surface area contributed by atoms with Crippen molar-refractivity contribution in [2.24, 2.45) is 0 Å². The smallest absolute Gasteiger partial charge is 0.178 e. The molecule has 2 rings (SSSR count). The highest BCUT2D eigenvalue weighted by Gasteiger charge is 2.31. The maximum Gasteiger partial charge on any atom is 0.178 e. The lowest BCUT2D eigenvalue weighted by atomic mass is 10.0. The number of ether oxygens (including phenoxy) is 1. The molecule has 7 heteroatoms. The van der Waals surface area contributed by atoms with Crippen molar-refractivity contribution in [3.8, 4) is 0 Å². The van der Waals surface area contributed by atoms with Crippen LogP contribution in [0.15, 0.2) is 29.2 Å². The van der Waals surface area contributed by atoms with Gasteiger partial charge in [-0.05, 0) is 31.0 Å². The van der Waals surface area contributed by atoms with Gasteiger partial charge in [0.25, 0.3) is 0 Å². The Hall–Kier alpha value is -1.31. The van der Waals surface area contributed by atoms with Crippen molar-refractivity contribution in [2.75, 3.05) is 25.5 Å². The monoisotopic (exact) mass is 331 g/mol. The molecule has 1 aliphatic heterocycles. The minimum absolute atomic E-state index is 0.0879. The van der Waals surface area contributed by atoms with Gasteiger partial charge in [0.2, 0.25) is 0 Å². The van der Waals surface area contributed by atoms with Crippen LogP contribution >= 0.6 is 0 Å². The lowest BCUT2D eigenvalue weighted by molar-refractivity contribution is 0.155. The van der Waals surface area contributed by atoms with Crippen molar-refractivity contribution < 1.29 is 21.9 Å². The lowest BCUT2D eigenvalue weighted by Gasteiger charge is -2.26. The van der Waals surface area contributed by atoms with Crippen LogP contribution in [0.25, 0.3) is 0 Å². The average molecular weight is 331 g/mol. The Morgan fingerprint density at radius 1 is 1.41 bits per heavy atom. The summed E-state index contributed by atoms with van der Waals surface area (Å²) in [6, 6.07) is 1.40. The van der Waals surface area contributed by atoms with E-state index in [9.17, 15) is 17.2 Å². The van der Waals surface area contributed by atoms with Gasteiger partial charge < -0.3 is 10.1 Å². The molecule has 0 radical (unpaired) electrons. The zero-order chi connectivity index (χ0) is 16.3. The Bertz CT molecular complexity index is 674. The quantitative estimate of drug-likeness (QED) is 0.494. The van der Waals surface area contributed by atoms with E-state index < -0.39 is 21.5 Å². The van der Waals surface area contributed by atoms with Gasteiger partial charge in [-0.2, -0.15) is 0 Å². The van der Waals surface area contributed by atoms with Crippen LogP contribution in [-0.4, -0.2) is 33.9 Å². The molecular weight excluding hydrogens is 312 g/mol. The zero-order valence-corrected chi connectivity index (χ0v) is 13.2. The summed E-state index contributed by atoms with van der Waals surface area (Å²) in [7, 11) is -3.55. The summed E-state index contributed by atoms with van der Waals surface area (Å²) < 4.78 is 56.1. The number of hydrogen-bond donors (Lipinski definition) is 1. The second kappa shape index (κ2) is 6.85. The summed E-state index contributed by atoms with van der Waals surface area (Å²) in [6.45, 7) is 6.93. The Kier molecular flexibility index (Phi) is 5.31. The largest absolute Gasteiger partial charge is 0.376 e. The molecule has 122 valence electrons. The van der Waals surface area contributed by atoms with E-state index >= 15 is 0 Å². The molecule has 0 fully saturated rings. The third-order valence-corrected chi connectivity index (χ3v) is 5.22. The molecule has 1 atom stereocenters. The molecule has 4 nitrogen and oxygen atoms in total. The normalized spacial score (nSPS) is 19.7. The number of fused-ring (bicyclic) bond motifs is 1. The van der Waals surface area contributed by atoms with Gasteiger partial charge in [0.15, 0.2) is 21.5 Å². The fourth-order valence-corrected chi connectivity index (χ4v) is 4.00. The molecule has 1 N–H and O–H groups in total. The highest BCUT2D eigenvalue weighted by molar-refractivity contribution is 7.91. The molecule has 1 aliphatic rings. The van der Waals surface area contributed by atoms with Crippen molar-refractivity contribution in [1.29, 1.82) is 0 Å². The first kappa shape index (κ1) is 17.1. The number of sulfone groups is 1. The summed E-state index contributed by atoms with van der Waals surface area (Å²) in [5.74, 6) is -2.27. The molecule has 0 spiro atoms. The number of nitrogens with one attached hydrogen (secondary N) is 1. The molecule has 0 aromatic heterocycles. The third kappa shape index (κ3) is 3.91. The molecule has 22 heavy (non-hydrogen) atoms. The molecular formula is C15H19F2NO3S. The van der Waals surface area contributed by atoms with Gasteiger partial charge in [-0.15, -0.1) is 0 Å². The molecule has 0 aliphatic carbocycles. The Morgan fingerprint density at radius 3 is 2.77 bits per heavy atom. The second-order valence-corrected chi connectivity index (χ2v) is 7.51. The summed E-state index contributed by atoms with van der Waals surface area (Å²) in [5.41, 5.74) is 1.19. The van der Waals surface area contributed by atoms with E-state index in [1.54, 1.807) is 0 Å². The highest BCUT2D eigenvalue weighted by atomic mass is 32.2. The lowest BCUT2D eigenvalue weighted by Crippen LogP contribution is -2.32. The third-order valence-electron chi connectivity index (χ3n) is 3.42. The van der Waals surface area contributed by atoms with Gasteiger partial charge in [0.1, 0.15) is 0 Å². The van der Waals surface area contributed by atoms with E-state index in [1.807, 2.05) is 6.92 Å². The van der Waals surface area contributed by atoms with E-state index in [0.29, 0.717) is 26.2 Å². The van der Waals surface area contributed by atoms with Crippen LogP contribution in [-0.2, 0) is 14.6 Å². The van der Waals surface area contributed by atoms with Crippen molar-refractivity contribution in [3.05, 3.63) is 41.5 Å². The van der Waals surface area contributed by atoms with Crippen LogP contribution in [0.2, 0.25) is 0 Å². The van der Waals surface area contributed by atoms with E-state index in [-0.39, 0.29) is 22.3 Å². The minimum Gasteiger partial charge on any atom is -0.376 e. The van der Waals surface area contributed by atoms with Crippen LogP contribution < -0.4 is 5.32 Å². The fraction of sp³-hybridized carbons (Fsp3) is 0.467. The van der Waals surface area contributed by atoms with E-state index in [2.05, 4.69) is 11.9 Å². The van der Waals surface area contributed by atoms with Gasteiger partial charge in [0, 0.05) is 12.6 Å². The fourth-order valence-electron chi connectivity index (χ4n) is 2.39. The average Bonchev–Trinajstić information content (AvgIpc) is 2.43. The first-order valence-electron chi connectivity index (χ1n) is 6.98. The number of halogens is 2. The number of benzene rings is 1. The SMILES string of the molecule is C=C(C)COCCN[C@@H]1CCS(=O)(=O)c2cc(F)c(F)cc21. The van der Waals surface area contributed by atoms with Crippen molar-refractivity contribution in [3.63, 3.8) is 0 Å². The van der Waals surface area contributed by atoms with Gasteiger partial charge in [-0.3, -0.25) is 0 Å². The molecule has 0 saturated heterocycles. The first-order valence-corrected chi connectivity index (χ1v) is 8.63. The topological polar surface area (TPSA) is 55.4 Å². The maximum atomic E-state index is 13.4. The van der Waals surface area contributed by atoms with E-state index in [0.717, 1.165) is 17.7 Å². The van der Waals surface area contributed by atoms with Gasteiger partial charge >= 0.3 is 0 Å². The van der Waals surface area contributed by atoms with Crippen LogP contribution in [0.1, 0.15) is 24.9 Å². The number of rotatable bonds is 6. The van der Waals surface area contributed by atoms with Gasteiger partial charge in [0.05, 0.1) is 23.9 Å². The van der Waals surface area contributed by atoms with Crippen LogP contribution in [0.4, 0.5) is 8.78 Å². The molecule has 0 unspecified atom stereocenters. The minimum atomic E-state index is -3.55. The predicted molar refractivity (Wildman–Crippen MR) is 79.4 cm³/mol. The van der Waals surface area contributed by atoms with Crippen LogP contribution in [0.3, 0.4) is 0 Å². The van der Waals surface area contributed by atoms with Crippen LogP contribution in [0.5, 0.6) is 0 Å². The summed E-state index contributed by atoms with van der Waals surface area (Å²) in [5, 5.41) is 3.13. The molecule has 1 heterocycles. The summed E-state index contributed by atoms with van der Waals surface area (Å²) in [6.07, 6.45) is 0.320. The van der Waals surface area contributed by atoms with E-state index in [4.69, 9.17) is 4.74 Å². The second-order valence-electron chi connectivity index (χ2n) is 5.43. The van der Waals surface area contributed by atoms with Crippen molar-refractivity contribution in [1.82, 2.24) is 5.32 Å². The maximum absolute atomic E-state index is 13.4. The van der Waals surface area contributed by atoms with Crippen molar-refractivity contribution in [2.45, 2.75) is 24.3 Å². The Balaban J connectivity index is 2.09. The summed E-state index contributed by atoms with van der Waals surface area (Å²) in [4.78, 5) is -0.127. The predicted octanol–water partition coefficient (Wildman–Crippen LogP) is 2.37. The first-order chi connectivity index (χ1) is 10.3. The van der Waals surface area contributed by atoms with Crippen molar-refractivity contribution >= 4 is 9.84 Å². The zero-order valence-electron chi connectivity index (χ0n) is 12.4. The van der Waals surface area contributed by atoms with Gasteiger partial charge in [-0.1, -0.05) is 12.2 Å². The Labute approximate surface area is 129 Å². The highest BCUT2D eigenvalue weighted by Crippen LogP contribution is 2.33. The van der Waals surface area contributed by atoms with Gasteiger partial charge in [-0.25, -0.2) is 17.2 Å². The molecule has 1 aromatic rings. The molecule has 0 amide bonds. The standard InChI is InChI=1S/C15H19F2NO3S/c1-10(2)9-21-5-4-18-14-3-6-22(19,20)15-8-13(17)12(16)7-11(14)15/h7-8,14,18H,1,3-6,9H2,2H3/t14-/m1/s1. The van der Waals surface area contributed by atoms with Crippen LogP contribution in [0, 0.1) is 11.6 Å². The molecule has 1 aromatic carbocycles. The number of hydrogen-bond acceptors (Lipinski definition) is 4. The summed E-state index contributed by atoms with van der Waals surface area (Å²) >= 11 is 0. The Morgan fingerprint density at radius 2 is 2.09 bits per heavy atom.